The Labute approximate surface area is 123 Å². The summed E-state index contributed by atoms with van der Waals surface area (Å²) in [6, 6.07) is 3.95. The molecule has 2 aromatic rings. The van der Waals surface area contributed by atoms with Gasteiger partial charge in [0.25, 0.3) is 0 Å². The molecule has 108 valence electrons. The lowest BCUT2D eigenvalue weighted by Crippen LogP contribution is -2.07. The van der Waals surface area contributed by atoms with Crippen molar-refractivity contribution >= 4 is 28.1 Å². The van der Waals surface area contributed by atoms with E-state index in [0.29, 0.717) is 10.7 Å². The van der Waals surface area contributed by atoms with Crippen molar-refractivity contribution in [1.29, 1.82) is 0 Å². The van der Waals surface area contributed by atoms with Crippen LogP contribution in [0.5, 0.6) is 0 Å². The maximum absolute atomic E-state index is 12.9. The number of hydrogen-bond donors (Lipinski definition) is 1. The smallest absolute Gasteiger partial charge is 0.375 e. The molecular formula is C13H12ClF3N2S. The Bertz CT molecular complexity index is 637. The molecule has 1 heterocycles. The molecule has 1 aromatic heterocycles. The fraction of sp³-hybridized carbons (Fsp3) is 0.308. The number of thiazole rings is 1. The lowest BCUT2D eigenvalue weighted by molar-refractivity contribution is -0.137. The summed E-state index contributed by atoms with van der Waals surface area (Å²) in [5, 5.41) is 0.114. The number of anilines is 1. The first-order valence-corrected chi connectivity index (χ1v) is 6.99. The Morgan fingerprint density at radius 3 is 2.50 bits per heavy atom. The van der Waals surface area contributed by atoms with Gasteiger partial charge < -0.3 is 5.73 Å². The first-order chi connectivity index (χ1) is 9.20. The zero-order valence-electron chi connectivity index (χ0n) is 10.8. The molecule has 0 saturated carbocycles. The van der Waals surface area contributed by atoms with Crippen LogP contribution in [0.2, 0.25) is 5.02 Å². The number of nitrogen functional groups attached to an aromatic ring is 1. The summed E-state index contributed by atoms with van der Waals surface area (Å²) in [7, 11) is 0. The predicted molar refractivity (Wildman–Crippen MR) is 75.2 cm³/mol. The van der Waals surface area contributed by atoms with Crippen molar-refractivity contribution in [2.45, 2.75) is 25.9 Å². The predicted octanol–water partition coefficient (Wildman–Crippen LogP) is 4.86. The van der Waals surface area contributed by atoms with Gasteiger partial charge in [0.15, 0.2) is 5.13 Å². The molecule has 2 rings (SSSR count). The molecule has 0 fully saturated rings. The normalized spacial score (nSPS) is 13.5. The third-order valence-electron chi connectivity index (χ3n) is 3.04. The third kappa shape index (κ3) is 2.91. The summed E-state index contributed by atoms with van der Waals surface area (Å²) in [4.78, 5) is 4.95. The number of rotatable bonds is 2. The quantitative estimate of drug-likeness (QED) is 0.858. The van der Waals surface area contributed by atoms with Crippen LogP contribution in [-0.4, -0.2) is 4.98 Å². The molecular weight excluding hydrogens is 309 g/mol. The van der Waals surface area contributed by atoms with Crippen molar-refractivity contribution in [2.24, 2.45) is 0 Å². The number of aryl methyl sites for hydroxylation is 1. The first-order valence-electron chi connectivity index (χ1n) is 5.79. The maximum atomic E-state index is 12.9. The van der Waals surface area contributed by atoms with E-state index in [9.17, 15) is 13.2 Å². The highest BCUT2D eigenvalue weighted by molar-refractivity contribution is 7.15. The molecule has 7 heteroatoms. The minimum atomic E-state index is -4.46. The number of aromatic nitrogens is 1. The molecule has 0 aliphatic carbocycles. The summed E-state index contributed by atoms with van der Waals surface area (Å²) in [6.07, 6.45) is -4.46. The molecule has 0 amide bonds. The van der Waals surface area contributed by atoms with Gasteiger partial charge in [-0.3, -0.25) is 0 Å². The Kier molecular flexibility index (Phi) is 3.97. The van der Waals surface area contributed by atoms with Crippen LogP contribution in [0.15, 0.2) is 18.2 Å². The standard InChI is InChI=1S/C13H12ClF3N2S/c1-6(11-7(2)19-12(18)20-11)8-3-4-10(14)9(5-8)13(15,16)17/h3-6H,1-2H3,(H2,18,19). The van der Waals surface area contributed by atoms with E-state index in [4.69, 9.17) is 17.3 Å². The van der Waals surface area contributed by atoms with Gasteiger partial charge in [0, 0.05) is 10.8 Å². The molecule has 0 bridgehead atoms. The maximum Gasteiger partial charge on any atom is 0.417 e. The highest BCUT2D eigenvalue weighted by Crippen LogP contribution is 2.39. The molecule has 2 nitrogen and oxygen atoms in total. The van der Waals surface area contributed by atoms with E-state index < -0.39 is 11.7 Å². The zero-order chi connectivity index (χ0) is 15.1. The molecule has 0 saturated heterocycles. The largest absolute Gasteiger partial charge is 0.417 e. The molecule has 20 heavy (non-hydrogen) atoms. The SMILES string of the molecule is Cc1nc(N)sc1C(C)c1ccc(Cl)c(C(F)(F)F)c1. The third-order valence-corrected chi connectivity index (χ3v) is 4.54. The van der Waals surface area contributed by atoms with Gasteiger partial charge >= 0.3 is 6.18 Å². The zero-order valence-corrected chi connectivity index (χ0v) is 12.3. The monoisotopic (exact) mass is 320 g/mol. The van der Waals surface area contributed by atoms with Gasteiger partial charge in [-0.1, -0.05) is 24.6 Å². The lowest BCUT2D eigenvalue weighted by atomic mass is 9.96. The Morgan fingerprint density at radius 2 is 2.00 bits per heavy atom. The Hall–Kier alpha value is -1.27. The van der Waals surface area contributed by atoms with E-state index in [1.54, 1.807) is 13.0 Å². The number of benzene rings is 1. The van der Waals surface area contributed by atoms with Crippen molar-refractivity contribution in [3.8, 4) is 0 Å². The van der Waals surface area contributed by atoms with Crippen molar-refractivity contribution in [1.82, 2.24) is 4.98 Å². The summed E-state index contributed by atoms with van der Waals surface area (Å²) in [5.41, 5.74) is 6.08. The van der Waals surface area contributed by atoms with Crippen LogP contribution in [-0.2, 0) is 6.18 Å². The van der Waals surface area contributed by atoms with Crippen LogP contribution in [0.3, 0.4) is 0 Å². The minimum absolute atomic E-state index is 0.219. The highest BCUT2D eigenvalue weighted by Gasteiger charge is 2.33. The summed E-state index contributed by atoms with van der Waals surface area (Å²) in [5.74, 6) is -0.219. The molecule has 1 atom stereocenters. The summed E-state index contributed by atoms with van der Waals surface area (Å²) < 4.78 is 38.6. The highest BCUT2D eigenvalue weighted by atomic mass is 35.5. The second-order valence-corrected chi connectivity index (χ2v) is 5.93. The molecule has 0 radical (unpaired) electrons. The molecule has 1 unspecified atom stereocenters. The van der Waals surface area contributed by atoms with Gasteiger partial charge in [0.1, 0.15) is 0 Å². The number of hydrogen-bond acceptors (Lipinski definition) is 3. The second-order valence-electron chi connectivity index (χ2n) is 4.46. The van der Waals surface area contributed by atoms with Crippen LogP contribution in [0.25, 0.3) is 0 Å². The molecule has 0 aliphatic rings. The van der Waals surface area contributed by atoms with Crippen molar-refractivity contribution in [3.05, 3.63) is 44.9 Å². The fourth-order valence-electron chi connectivity index (χ4n) is 2.01. The number of halogens is 4. The van der Waals surface area contributed by atoms with E-state index in [1.165, 1.54) is 17.4 Å². The van der Waals surface area contributed by atoms with Gasteiger partial charge in [0.2, 0.25) is 0 Å². The fourth-order valence-corrected chi connectivity index (χ4v) is 3.15. The van der Waals surface area contributed by atoms with E-state index in [2.05, 4.69) is 4.98 Å². The second kappa shape index (κ2) is 5.26. The molecule has 0 spiro atoms. The van der Waals surface area contributed by atoms with Gasteiger partial charge in [-0.15, -0.1) is 11.3 Å². The molecule has 2 N–H and O–H groups in total. The van der Waals surface area contributed by atoms with Crippen LogP contribution >= 0.6 is 22.9 Å². The van der Waals surface area contributed by atoms with E-state index in [0.717, 1.165) is 16.6 Å². The van der Waals surface area contributed by atoms with Crippen molar-refractivity contribution in [3.63, 3.8) is 0 Å². The Morgan fingerprint density at radius 1 is 1.35 bits per heavy atom. The van der Waals surface area contributed by atoms with E-state index in [-0.39, 0.29) is 10.9 Å². The number of nitrogens with two attached hydrogens (primary N) is 1. The summed E-state index contributed by atoms with van der Waals surface area (Å²) in [6.45, 7) is 3.61. The minimum Gasteiger partial charge on any atom is -0.375 e. The topological polar surface area (TPSA) is 38.9 Å². The lowest BCUT2D eigenvalue weighted by Gasteiger charge is -2.15. The number of alkyl halides is 3. The van der Waals surface area contributed by atoms with Crippen molar-refractivity contribution in [2.75, 3.05) is 5.73 Å². The van der Waals surface area contributed by atoms with E-state index >= 15 is 0 Å². The van der Waals surface area contributed by atoms with Crippen LogP contribution in [0.4, 0.5) is 18.3 Å². The van der Waals surface area contributed by atoms with Crippen LogP contribution in [0, 0.1) is 6.92 Å². The van der Waals surface area contributed by atoms with Crippen LogP contribution in [0.1, 0.15) is 34.5 Å². The van der Waals surface area contributed by atoms with Gasteiger partial charge in [-0.2, -0.15) is 13.2 Å². The van der Waals surface area contributed by atoms with Gasteiger partial charge in [-0.25, -0.2) is 4.98 Å². The van der Waals surface area contributed by atoms with E-state index in [1.807, 2.05) is 6.92 Å². The molecule has 0 aliphatic heterocycles. The number of nitrogens with zero attached hydrogens (tertiary/aromatic N) is 1. The first kappa shape index (κ1) is 15.1. The van der Waals surface area contributed by atoms with Crippen molar-refractivity contribution < 1.29 is 13.2 Å². The average Bonchev–Trinajstić information content (AvgIpc) is 2.66. The average molecular weight is 321 g/mol. The summed E-state index contributed by atoms with van der Waals surface area (Å²) >= 11 is 6.90. The van der Waals surface area contributed by atoms with Crippen LogP contribution < -0.4 is 5.73 Å². The Balaban J connectivity index is 2.46. The van der Waals surface area contributed by atoms with Gasteiger partial charge in [-0.05, 0) is 24.6 Å². The van der Waals surface area contributed by atoms with Gasteiger partial charge in [0.05, 0.1) is 16.3 Å². The molecule has 1 aromatic carbocycles.